The van der Waals surface area contributed by atoms with E-state index in [2.05, 4.69) is 22.0 Å². The van der Waals surface area contributed by atoms with Crippen LogP contribution in [0.3, 0.4) is 0 Å². The molecular formula is C33H42N4O4. The Morgan fingerprint density at radius 3 is 2.49 bits per heavy atom. The topological polar surface area (TPSA) is 111 Å². The zero-order valence-corrected chi connectivity index (χ0v) is 24.3. The van der Waals surface area contributed by atoms with Crippen LogP contribution in [0.4, 0.5) is 0 Å². The van der Waals surface area contributed by atoms with Crippen molar-refractivity contribution in [2.24, 2.45) is 5.41 Å². The molecule has 1 saturated heterocycles. The van der Waals surface area contributed by atoms with Gasteiger partial charge in [-0.2, -0.15) is 0 Å². The highest BCUT2D eigenvalue weighted by molar-refractivity contribution is 5.93. The summed E-state index contributed by atoms with van der Waals surface area (Å²) in [4.78, 5) is 41.5. The lowest BCUT2D eigenvalue weighted by molar-refractivity contribution is -0.145. The number of rotatable bonds is 11. The summed E-state index contributed by atoms with van der Waals surface area (Å²) < 4.78 is 0. The average Bonchev–Trinajstić information content (AvgIpc) is 3.43. The number of aromatic hydroxyl groups is 1. The van der Waals surface area contributed by atoms with Crippen LogP contribution in [-0.2, 0) is 27.3 Å². The van der Waals surface area contributed by atoms with Crippen LogP contribution >= 0.6 is 0 Å². The Bertz CT molecular complexity index is 1370. The summed E-state index contributed by atoms with van der Waals surface area (Å²) in [6.07, 6.45) is 2.40. The number of hydrogen-bond acceptors (Lipinski definition) is 5. The van der Waals surface area contributed by atoms with Crippen LogP contribution in [0.5, 0.6) is 5.75 Å². The molecular weight excluding hydrogens is 516 g/mol. The van der Waals surface area contributed by atoms with Crippen molar-refractivity contribution in [2.75, 3.05) is 19.6 Å². The van der Waals surface area contributed by atoms with Gasteiger partial charge in [-0.25, -0.2) is 0 Å². The first-order valence-electron chi connectivity index (χ1n) is 14.5. The van der Waals surface area contributed by atoms with E-state index in [-0.39, 0.29) is 23.5 Å². The zero-order valence-electron chi connectivity index (χ0n) is 24.3. The fourth-order valence-corrected chi connectivity index (χ4v) is 5.24. The molecule has 2 atom stereocenters. The summed E-state index contributed by atoms with van der Waals surface area (Å²) in [6, 6.07) is 19.9. The second-order valence-electron chi connectivity index (χ2n) is 11.8. The fraction of sp³-hybridized carbons (Fsp3) is 0.424. The molecule has 3 aromatic carbocycles. The Morgan fingerprint density at radius 2 is 1.73 bits per heavy atom. The Morgan fingerprint density at radius 1 is 0.951 bits per heavy atom. The Balaban J connectivity index is 1.38. The maximum Gasteiger partial charge on any atom is 0.243 e. The van der Waals surface area contributed by atoms with Crippen LogP contribution in [0.2, 0.25) is 0 Å². The van der Waals surface area contributed by atoms with Gasteiger partial charge in [-0.3, -0.25) is 14.4 Å². The molecule has 3 amide bonds. The van der Waals surface area contributed by atoms with Crippen molar-refractivity contribution >= 4 is 28.5 Å². The first kappa shape index (κ1) is 30.1. The minimum absolute atomic E-state index is 0.0519. The number of carbonyl (C=O) groups excluding carboxylic acids is 3. The molecule has 0 aliphatic carbocycles. The standard InChI is InChI=1S/C33H42N4O4/c1-33(2,3)32(41)37-18-7-13-29(37)31(40)36-28(21-23-14-15-25-10-4-5-11-26(25)19-23)30(39)35-17-8-16-34-22-24-9-6-12-27(38)20-24/h4-6,9-12,14-15,19-20,28-29,34,38H,7-8,13,16-18,21-22H2,1-3H3,(H,35,39)(H,36,40)/t28-,29?/m1/s1. The molecule has 8 nitrogen and oxygen atoms in total. The third-order valence-corrected chi connectivity index (χ3v) is 7.41. The number of carbonyl (C=O) groups is 3. The Kier molecular flexibility index (Phi) is 10.00. The number of amides is 3. The number of hydrogen-bond donors (Lipinski definition) is 4. The minimum Gasteiger partial charge on any atom is -0.508 e. The van der Waals surface area contributed by atoms with Gasteiger partial charge in [0.25, 0.3) is 0 Å². The van der Waals surface area contributed by atoms with Crippen LogP contribution in [0.15, 0.2) is 66.7 Å². The summed E-state index contributed by atoms with van der Waals surface area (Å²) in [5.41, 5.74) is 1.35. The van der Waals surface area contributed by atoms with Crippen LogP contribution < -0.4 is 16.0 Å². The van der Waals surface area contributed by atoms with E-state index in [1.54, 1.807) is 23.1 Å². The first-order valence-corrected chi connectivity index (χ1v) is 14.5. The number of phenolic OH excluding ortho intramolecular Hbond substituents is 1. The maximum absolute atomic E-state index is 13.5. The van der Waals surface area contributed by atoms with Crippen molar-refractivity contribution in [1.82, 2.24) is 20.9 Å². The molecule has 8 heteroatoms. The van der Waals surface area contributed by atoms with Gasteiger partial charge in [-0.15, -0.1) is 0 Å². The van der Waals surface area contributed by atoms with Gasteiger partial charge in [0.1, 0.15) is 17.8 Å². The Labute approximate surface area is 242 Å². The smallest absolute Gasteiger partial charge is 0.243 e. The highest BCUT2D eigenvalue weighted by atomic mass is 16.3. The Hall–Kier alpha value is -3.91. The molecule has 4 N–H and O–H groups in total. The summed E-state index contributed by atoms with van der Waals surface area (Å²) >= 11 is 0. The van der Waals surface area contributed by atoms with Gasteiger partial charge in [0.15, 0.2) is 0 Å². The van der Waals surface area contributed by atoms with Crippen LogP contribution in [0, 0.1) is 5.41 Å². The molecule has 0 aromatic heterocycles. The van der Waals surface area contributed by atoms with E-state index >= 15 is 0 Å². The summed E-state index contributed by atoms with van der Waals surface area (Å²) in [5, 5.41) is 21.1. The van der Waals surface area contributed by atoms with Gasteiger partial charge < -0.3 is 26.0 Å². The third kappa shape index (κ3) is 8.30. The maximum atomic E-state index is 13.5. The number of phenols is 1. The number of fused-ring (bicyclic) bond motifs is 1. The van der Waals surface area contributed by atoms with Gasteiger partial charge >= 0.3 is 0 Å². The number of benzene rings is 3. The number of nitrogens with one attached hydrogen (secondary N) is 3. The van der Waals surface area contributed by atoms with Gasteiger partial charge in [0.05, 0.1) is 0 Å². The van der Waals surface area contributed by atoms with Crippen molar-refractivity contribution in [2.45, 2.75) is 65.1 Å². The van der Waals surface area contributed by atoms with Crippen LogP contribution in [0.25, 0.3) is 10.8 Å². The lowest BCUT2D eigenvalue weighted by Gasteiger charge is -2.31. The van der Waals surface area contributed by atoms with Crippen molar-refractivity contribution in [3.8, 4) is 5.75 Å². The molecule has 1 fully saturated rings. The highest BCUT2D eigenvalue weighted by Crippen LogP contribution is 2.26. The lowest BCUT2D eigenvalue weighted by Crippen LogP contribution is -2.55. The van der Waals surface area contributed by atoms with Gasteiger partial charge in [-0.1, -0.05) is 75.4 Å². The quantitative estimate of drug-likeness (QED) is 0.267. The van der Waals surface area contributed by atoms with Crippen molar-refractivity contribution in [1.29, 1.82) is 0 Å². The molecule has 0 bridgehead atoms. The lowest BCUT2D eigenvalue weighted by atomic mass is 9.94. The second kappa shape index (κ2) is 13.6. The van der Waals surface area contributed by atoms with Crippen molar-refractivity contribution in [3.63, 3.8) is 0 Å². The molecule has 3 aromatic rings. The summed E-state index contributed by atoms with van der Waals surface area (Å²) in [7, 11) is 0. The summed E-state index contributed by atoms with van der Waals surface area (Å²) in [6.45, 7) is 7.88. The van der Waals surface area contributed by atoms with E-state index in [4.69, 9.17) is 0 Å². The number of nitrogens with zero attached hydrogens (tertiary/aromatic N) is 1. The second-order valence-corrected chi connectivity index (χ2v) is 11.8. The van der Waals surface area contributed by atoms with E-state index in [0.717, 1.165) is 28.3 Å². The van der Waals surface area contributed by atoms with E-state index in [9.17, 15) is 19.5 Å². The fourth-order valence-electron chi connectivity index (χ4n) is 5.24. The molecule has 1 aliphatic heterocycles. The van der Waals surface area contributed by atoms with Gasteiger partial charge in [0.2, 0.25) is 17.7 Å². The molecule has 4 rings (SSSR count). The molecule has 0 saturated carbocycles. The average molecular weight is 559 g/mol. The molecule has 1 heterocycles. The molecule has 0 radical (unpaired) electrons. The highest BCUT2D eigenvalue weighted by Gasteiger charge is 2.39. The minimum atomic E-state index is -0.767. The van der Waals surface area contributed by atoms with Crippen molar-refractivity contribution < 1.29 is 19.5 Å². The SMILES string of the molecule is CC(C)(C)C(=O)N1CCCC1C(=O)N[C@H](Cc1ccc2ccccc2c1)C(=O)NCCCNCc1cccc(O)c1. The molecule has 0 spiro atoms. The normalized spacial score (nSPS) is 16.0. The van der Waals surface area contributed by atoms with E-state index in [0.29, 0.717) is 45.4 Å². The molecule has 41 heavy (non-hydrogen) atoms. The number of likely N-dealkylation sites (tertiary alicyclic amines) is 1. The summed E-state index contributed by atoms with van der Waals surface area (Å²) in [5.74, 6) is -0.344. The predicted octanol–water partition coefficient (Wildman–Crippen LogP) is 3.91. The van der Waals surface area contributed by atoms with Crippen LogP contribution in [-0.4, -0.2) is 59.4 Å². The largest absolute Gasteiger partial charge is 0.508 e. The van der Waals surface area contributed by atoms with Gasteiger partial charge in [-0.05, 0) is 59.8 Å². The van der Waals surface area contributed by atoms with E-state index < -0.39 is 17.5 Å². The van der Waals surface area contributed by atoms with Crippen LogP contribution in [0.1, 0.15) is 51.2 Å². The first-order chi connectivity index (χ1) is 19.6. The van der Waals surface area contributed by atoms with E-state index in [1.807, 2.05) is 63.2 Å². The monoisotopic (exact) mass is 558 g/mol. The third-order valence-electron chi connectivity index (χ3n) is 7.41. The van der Waals surface area contributed by atoms with E-state index in [1.165, 1.54) is 0 Å². The predicted molar refractivity (Wildman–Crippen MR) is 161 cm³/mol. The zero-order chi connectivity index (χ0) is 29.4. The molecule has 1 aliphatic rings. The van der Waals surface area contributed by atoms with Crippen molar-refractivity contribution in [3.05, 3.63) is 77.9 Å². The molecule has 218 valence electrons. The molecule has 1 unspecified atom stereocenters. The van der Waals surface area contributed by atoms with Gasteiger partial charge in [0, 0.05) is 31.5 Å².